The molecule has 4 aromatic rings. The molecule has 0 radical (unpaired) electrons. The number of Topliss-reactive ketones (excluding diaryl/α,β-unsaturated/α-hetero) is 1. The Morgan fingerprint density at radius 2 is 1.06 bits per heavy atom. The number of halogens is 1. The Bertz CT molecular complexity index is 1090. The van der Waals surface area contributed by atoms with Gasteiger partial charge in [-0.05, 0) is 18.1 Å². The van der Waals surface area contributed by atoms with Crippen LogP contribution in [0.25, 0.3) is 0 Å². The second-order valence-electron chi connectivity index (χ2n) is 7.65. The molecule has 0 N–H and O–H groups in total. The third kappa shape index (κ3) is 7.96. The van der Waals surface area contributed by atoms with Crippen molar-refractivity contribution in [2.24, 2.45) is 4.99 Å². The van der Waals surface area contributed by atoms with E-state index in [1.165, 1.54) is 5.56 Å². The molecule has 4 rings (SSSR count). The van der Waals surface area contributed by atoms with E-state index in [9.17, 15) is 4.79 Å². The molecule has 0 saturated carbocycles. The van der Waals surface area contributed by atoms with E-state index in [1.54, 1.807) is 6.92 Å². The summed E-state index contributed by atoms with van der Waals surface area (Å²) < 4.78 is 0. The predicted molar refractivity (Wildman–Crippen MR) is 142 cm³/mol. The Morgan fingerprint density at radius 3 is 1.42 bits per heavy atom. The van der Waals surface area contributed by atoms with E-state index in [4.69, 9.17) is 4.99 Å². The Balaban J connectivity index is 0.000000323. The van der Waals surface area contributed by atoms with Crippen molar-refractivity contribution in [2.45, 2.75) is 24.7 Å². The number of hydrogen-bond acceptors (Lipinski definition) is 2. The number of benzene rings is 4. The van der Waals surface area contributed by atoms with E-state index in [1.807, 2.05) is 109 Å². The summed E-state index contributed by atoms with van der Waals surface area (Å²) in [4.78, 5) is 17.1. The van der Waals surface area contributed by atoms with Crippen LogP contribution in [0.15, 0.2) is 126 Å². The molecular weight excluding hydrogens is 470 g/mol. The van der Waals surface area contributed by atoms with Gasteiger partial charge in [-0.3, -0.25) is 9.79 Å². The summed E-state index contributed by atoms with van der Waals surface area (Å²) >= 11 is 3.36. The predicted octanol–water partition coefficient (Wildman–Crippen LogP) is 7.31. The summed E-state index contributed by atoms with van der Waals surface area (Å²) in [7, 11) is 0. The van der Waals surface area contributed by atoms with E-state index >= 15 is 0 Å². The minimum atomic E-state index is -0.391. The molecule has 0 heterocycles. The van der Waals surface area contributed by atoms with Gasteiger partial charge in [-0.25, -0.2) is 0 Å². The number of carbonyl (C=O) groups is 1. The molecule has 0 spiro atoms. The fraction of sp³-hybridized carbons (Fsp3) is 0.133. The summed E-state index contributed by atoms with van der Waals surface area (Å²) in [5, 5.41) is 0.952. The average molecular weight is 498 g/mol. The van der Waals surface area contributed by atoms with Crippen molar-refractivity contribution in [3.8, 4) is 0 Å². The molecule has 0 aliphatic rings. The monoisotopic (exact) mass is 497 g/mol. The molecule has 0 unspecified atom stereocenters. The fourth-order valence-corrected chi connectivity index (χ4v) is 3.72. The van der Waals surface area contributed by atoms with Crippen molar-refractivity contribution in [2.75, 3.05) is 0 Å². The van der Waals surface area contributed by atoms with Crippen molar-refractivity contribution in [3.63, 3.8) is 0 Å². The first-order valence-corrected chi connectivity index (χ1v) is 12.1. The van der Waals surface area contributed by atoms with Crippen LogP contribution in [0.2, 0.25) is 0 Å². The molecule has 2 nitrogen and oxygen atoms in total. The minimum absolute atomic E-state index is 0.0771. The van der Waals surface area contributed by atoms with Crippen molar-refractivity contribution in [3.05, 3.63) is 144 Å². The lowest BCUT2D eigenvalue weighted by molar-refractivity contribution is -0.118. The number of carbonyl (C=O) groups excluding carboxylic acids is 1. The van der Waals surface area contributed by atoms with Crippen LogP contribution in [0.4, 0.5) is 0 Å². The standard InChI is InChI=1S/C23H21NO.C7H7Br/c1-18(25)22(17-19-11-5-2-6-12-19)24-23(20-13-7-3-8-14-20)21-15-9-4-10-16-21;8-6-7-4-2-1-3-5-7/h2-16,22H,17H2,1H3;1-5H,6H2/t22-;/m0./s1. The molecule has 166 valence electrons. The van der Waals surface area contributed by atoms with Crippen LogP contribution in [-0.2, 0) is 16.5 Å². The van der Waals surface area contributed by atoms with Gasteiger partial charge in [0.25, 0.3) is 0 Å². The highest BCUT2D eigenvalue weighted by Crippen LogP contribution is 2.15. The van der Waals surface area contributed by atoms with Gasteiger partial charge in [0.1, 0.15) is 6.04 Å². The quantitative estimate of drug-likeness (QED) is 0.194. The van der Waals surface area contributed by atoms with E-state index in [2.05, 4.69) is 28.1 Å². The summed E-state index contributed by atoms with van der Waals surface area (Å²) in [5.41, 5.74) is 5.35. The van der Waals surface area contributed by atoms with E-state index < -0.39 is 6.04 Å². The van der Waals surface area contributed by atoms with Crippen LogP contribution in [-0.4, -0.2) is 17.5 Å². The Hall–Kier alpha value is -3.30. The van der Waals surface area contributed by atoms with Crippen LogP contribution in [0, 0.1) is 0 Å². The van der Waals surface area contributed by atoms with Gasteiger partial charge < -0.3 is 0 Å². The first kappa shape index (κ1) is 24.3. The lowest BCUT2D eigenvalue weighted by Gasteiger charge is -2.14. The van der Waals surface area contributed by atoms with Gasteiger partial charge in [0.05, 0.1) is 5.71 Å². The number of alkyl halides is 1. The number of ketones is 1. The van der Waals surface area contributed by atoms with E-state index in [0.717, 1.165) is 27.7 Å². The number of rotatable bonds is 7. The van der Waals surface area contributed by atoms with Gasteiger partial charge in [-0.2, -0.15) is 0 Å². The average Bonchev–Trinajstić information content (AvgIpc) is 2.89. The van der Waals surface area contributed by atoms with Crippen LogP contribution >= 0.6 is 15.9 Å². The van der Waals surface area contributed by atoms with Crippen molar-refractivity contribution in [1.82, 2.24) is 0 Å². The molecule has 0 bridgehead atoms. The maximum atomic E-state index is 12.2. The van der Waals surface area contributed by atoms with Crippen LogP contribution in [0.5, 0.6) is 0 Å². The fourth-order valence-electron chi connectivity index (χ4n) is 3.35. The lowest BCUT2D eigenvalue weighted by Crippen LogP contribution is -2.21. The third-order valence-electron chi connectivity index (χ3n) is 5.12. The highest BCUT2D eigenvalue weighted by molar-refractivity contribution is 9.08. The summed E-state index contributed by atoms with van der Waals surface area (Å²) in [6.07, 6.45) is 0.610. The van der Waals surface area contributed by atoms with Crippen LogP contribution < -0.4 is 0 Å². The van der Waals surface area contributed by atoms with Gasteiger partial charge in [0.2, 0.25) is 0 Å². The molecule has 0 amide bonds. The molecule has 33 heavy (non-hydrogen) atoms. The van der Waals surface area contributed by atoms with Gasteiger partial charge >= 0.3 is 0 Å². The second-order valence-corrected chi connectivity index (χ2v) is 8.21. The first-order chi connectivity index (χ1) is 16.2. The first-order valence-electron chi connectivity index (χ1n) is 11.0. The molecule has 0 aromatic heterocycles. The summed E-state index contributed by atoms with van der Waals surface area (Å²) in [6.45, 7) is 1.62. The topological polar surface area (TPSA) is 29.4 Å². The van der Waals surface area contributed by atoms with Crippen molar-refractivity contribution < 1.29 is 4.79 Å². The highest BCUT2D eigenvalue weighted by Gasteiger charge is 2.16. The minimum Gasteiger partial charge on any atom is -0.298 e. The molecule has 1 atom stereocenters. The van der Waals surface area contributed by atoms with Gasteiger partial charge in [0.15, 0.2) is 5.78 Å². The molecule has 0 saturated heterocycles. The second kappa shape index (κ2) is 13.3. The number of aliphatic imine (C=N–C) groups is 1. The zero-order valence-corrected chi connectivity index (χ0v) is 20.4. The Kier molecular flexibility index (Phi) is 9.81. The number of nitrogens with zero attached hydrogens (tertiary/aromatic N) is 1. The smallest absolute Gasteiger partial charge is 0.154 e. The lowest BCUT2D eigenvalue weighted by atomic mass is 9.99. The Labute approximate surface area is 205 Å². The number of hydrogen-bond donors (Lipinski definition) is 0. The summed E-state index contributed by atoms with van der Waals surface area (Å²) in [5.74, 6) is 0.0771. The molecule has 0 aliphatic carbocycles. The van der Waals surface area contributed by atoms with Crippen molar-refractivity contribution >= 4 is 27.4 Å². The molecule has 4 aromatic carbocycles. The van der Waals surface area contributed by atoms with E-state index in [0.29, 0.717) is 6.42 Å². The van der Waals surface area contributed by atoms with E-state index in [-0.39, 0.29) is 5.78 Å². The maximum Gasteiger partial charge on any atom is 0.154 e. The molecule has 3 heteroatoms. The van der Waals surface area contributed by atoms with Gasteiger partial charge in [0, 0.05) is 22.9 Å². The Morgan fingerprint density at radius 1 is 0.667 bits per heavy atom. The summed E-state index contributed by atoms with van der Waals surface area (Å²) in [6, 6.07) is 40.0. The van der Waals surface area contributed by atoms with Gasteiger partial charge in [-0.1, -0.05) is 137 Å². The van der Waals surface area contributed by atoms with Crippen LogP contribution in [0.1, 0.15) is 29.2 Å². The van der Waals surface area contributed by atoms with Gasteiger partial charge in [-0.15, -0.1) is 0 Å². The molecular formula is C30H28BrNO. The molecule has 0 aliphatic heterocycles. The maximum absolute atomic E-state index is 12.2. The molecule has 0 fully saturated rings. The van der Waals surface area contributed by atoms with Crippen LogP contribution in [0.3, 0.4) is 0 Å². The highest BCUT2D eigenvalue weighted by atomic mass is 79.9. The zero-order valence-electron chi connectivity index (χ0n) is 18.8. The SMILES string of the molecule is BrCc1ccccc1.CC(=O)[C@H](Cc1ccccc1)N=C(c1ccccc1)c1ccccc1. The van der Waals surface area contributed by atoms with Crippen molar-refractivity contribution in [1.29, 1.82) is 0 Å². The third-order valence-corrected chi connectivity index (χ3v) is 5.77. The largest absolute Gasteiger partial charge is 0.298 e. The zero-order chi connectivity index (χ0) is 23.3. The normalized spacial score (nSPS) is 11.0.